The molecule has 2 aliphatic carbocycles. The highest BCUT2D eigenvalue weighted by molar-refractivity contribution is 9.10. The maximum absolute atomic E-state index is 13.8. The van der Waals surface area contributed by atoms with Crippen molar-refractivity contribution in [1.29, 1.82) is 0 Å². The van der Waals surface area contributed by atoms with E-state index >= 15 is 0 Å². The van der Waals surface area contributed by atoms with Crippen LogP contribution in [0.2, 0.25) is 5.02 Å². The van der Waals surface area contributed by atoms with E-state index in [0.29, 0.717) is 38.4 Å². The Hall–Kier alpha value is -3.85. The fourth-order valence-electron chi connectivity index (χ4n) is 7.42. The highest BCUT2D eigenvalue weighted by atomic mass is 79.9. The Kier molecular flexibility index (Phi) is 8.31. The van der Waals surface area contributed by atoms with Gasteiger partial charge in [-0.25, -0.2) is 9.78 Å². The summed E-state index contributed by atoms with van der Waals surface area (Å²) in [7, 11) is 0. The topological polar surface area (TPSA) is 93.6 Å². The average molecular weight is 732 g/mol. The van der Waals surface area contributed by atoms with Gasteiger partial charge < -0.3 is 4.74 Å². The lowest BCUT2D eigenvalue weighted by molar-refractivity contribution is -0.123. The number of halogens is 3. The zero-order chi connectivity index (χ0) is 33.1. The number of fused-ring (bicyclic) bond motifs is 6. The van der Waals surface area contributed by atoms with Crippen molar-refractivity contribution in [3.05, 3.63) is 105 Å². The van der Waals surface area contributed by atoms with Crippen LogP contribution in [0.1, 0.15) is 46.0 Å². The number of aromatic nitrogens is 1. The first kappa shape index (κ1) is 31.7. The number of hydrogen-bond donors (Lipinski definition) is 0. The van der Waals surface area contributed by atoms with Crippen LogP contribution in [0.25, 0.3) is 22.2 Å². The highest BCUT2D eigenvalue weighted by Gasteiger charge is 2.60. The molecule has 4 aromatic rings. The van der Waals surface area contributed by atoms with Gasteiger partial charge in [0.15, 0.2) is 6.10 Å². The molecule has 5 atom stereocenters. The molecule has 2 amide bonds. The Balaban J connectivity index is 1.21. The third kappa shape index (κ3) is 5.50. The predicted octanol–water partition coefficient (Wildman–Crippen LogP) is 8.36. The summed E-state index contributed by atoms with van der Waals surface area (Å²) in [6, 6.07) is 18.8. The molecule has 2 bridgehead atoms. The number of imide groups is 1. The summed E-state index contributed by atoms with van der Waals surface area (Å²) in [6.45, 7) is 3.94. The molecule has 3 aliphatic rings. The number of hydrogen-bond acceptors (Lipinski definition) is 6. The third-order valence-corrected chi connectivity index (χ3v) is 10.6. The molecule has 0 N–H and O–H groups in total. The van der Waals surface area contributed by atoms with Gasteiger partial charge in [0.1, 0.15) is 0 Å². The molecule has 1 aromatic heterocycles. The van der Waals surface area contributed by atoms with E-state index in [2.05, 4.69) is 22.0 Å². The highest BCUT2D eigenvalue weighted by Crippen LogP contribution is 2.56. The number of allylic oxidation sites excluding steroid dienone is 2. The molecule has 238 valence electrons. The van der Waals surface area contributed by atoms with Crippen LogP contribution < -0.4 is 4.90 Å². The molecule has 7 rings (SSSR count). The van der Waals surface area contributed by atoms with Crippen LogP contribution in [0.5, 0.6) is 0 Å². The molecule has 2 fully saturated rings. The minimum absolute atomic E-state index is 0.109. The number of carbonyl (C=O) groups is 4. The van der Waals surface area contributed by atoms with Crippen LogP contribution in [-0.2, 0) is 14.3 Å². The second-order valence-electron chi connectivity index (χ2n) is 12.4. The van der Waals surface area contributed by atoms with Gasteiger partial charge in [-0.2, -0.15) is 0 Å². The van der Waals surface area contributed by atoms with Crippen LogP contribution in [0, 0.1) is 30.6 Å². The fourth-order valence-corrected chi connectivity index (χ4v) is 8.32. The number of amides is 2. The van der Waals surface area contributed by atoms with E-state index in [1.807, 2.05) is 19.9 Å². The van der Waals surface area contributed by atoms with Crippen LogP contribution in [0.4, 0.5) is 5.69 Å². The summed E-state index contributed by atoms with van der Waals surface area (Å²) < 4.78 is 6.60. The molecule has 0 spiro atoms. The van der Waals surface area contributed by atoms with Gasteiger partial charge in [0, 0.05) is 38.3 Å². The number of ether oxygens (including phenoxy) is 1. The van der Waals surface area contributed by atoms with Crippen molar-refractivity contribution in [3.63, 3.8) is 0 Å². The van der Waals surface area contributed by atoms with E-state index in [4.69, 9.17) is 32.9 Å². The number of alkyl halides is 1. The minimum atomic E-state index is -1.11. The number of aryl methyl sites for hydroxylation is 1. The largest absolute Gasteiger partial charge is 0.450 e. The summed E-state index contributed by atoms with van der Waals surface area (Å²) in [4.78, 5) is 60.3. The monoisotopic (exact) mass is 730 g/mol. The maximum Gasteiger partial charge on any atom is 0.339 e. The van der Waals surface area contributed by atoms with Crippen molar-refractivity contribution < 1.29 is 23.9 Å². The fraction of sp³-hybridized carbons (Fsp3) is 0.270. The van der Waals surface area contributed by atoms with Crippen molar-refractivity contribution in [3.8, 4) is 11.3 Å². The Morgan fingerprint density at radius 3 is 2.40 bits per heavy atom. The van der Waals surface area contributed by atoms with Crippen molar-refractivity contribution in [2.75, 3.05) is 10.8 Å². The Bertz CT molecular complexity index is 2010. The van der Waals surface area contributed by atoms with Gasteiger partial charge in [0.25, 0.3) is 0 Å². The molecule has 47 heavy (non-hydrogen) atoms. The van der Waals surface area contributed by atoms with Gasteiger partial charge in [-0.05, 0) is 92.3 Å². The van der Waals surface area contributed by atoms with E-state index in [1.165, 1.54) is 10.5 Å². The lowest BCUT2D eigenvalue weighted by atomic mass is 9.82. The zero-order valence-electron chi connectivity index (χ0n) is 25.5. The van der Waals surface area contributed by atoms with Crippen molar-refractivity contribution in [1.82, 2.24) is 4.98 Å². The number of rotatable bonds is 8. The summed E-state index contributed by atoms with van der Waals surface area (Å²) in [5, 5.41) is 1.04. The van der Waals surface area contributed by atoms with Crippen molar-refractivity contribution in [2.45, 2.75) is 32.8 Å². The summed E-state index contributed by atoms with van der Waals surface area (Å²) in [6.07, 6.45) is 2.05. The number of benzene rings is 3. The second-order valence-corrected chi connectivity index (χ2v) is 14.2. The van der Waals surface area contributed by atoms with Gasteiger partial charge in [-0.1, -0.05) is 51.3 Å². The van der Waals surface area contributed by atoms with E-state index in [1.54, 1.807) is 60.7 Å². The van der Waals surface area contributed by atoms with E-state index in [9.17, 15) is 19.2 Å². The number of Topliss-reactive ketones (excluding diaryl/α,β-unsaturated/α-hetero) is 1. The SMILES string of the molecule is CC1=CC2CC1C1C(=O)N(c3ccc(-c4cc(C(=O)OC(CCCl)C(=O)c5ccc(Cl)cc5)c5cc(Br)cc(C)c5n4)cc3)C(=O)C21. The van der Waals surface area contributed by atoms with E-state index in [-0.39, 0.29) is 59.1 Å². The number of ketones is 1. The normalized spacial score (nSPS) is 22.1. The van der Waals surface area contributed by atoms with Crippen LogP contribution in [0.3, 0.4) is 0 Å². The predicted molar refractivity (Wildman–Crippen MR) is 185 cm³/mol. The molecule has 1 saturated carbocycles. The Labute approximate surface area is 290 Å². The first-order valence-electron chi connectivity index (χ1n) is 15.4. The summed E-state index contributed by atoms with van der Waals surface area (Å²) in [5.41, 5.74) is 4.90. The molecule has 5 unspecified atom stereocenters. The standard InChI is InChI=1S/C37H29BrCl2N2O5/c1-18-13-22-15-26(18)32-31(22)35(44)42(36(32)45)25-9-5-20(6-10-25)29-17-28(27-16-23(38)14-19(2)33(27)41-29)37(46)47-30(11-12-39)34(43)21-3-7-24(40)8-4-21/h3-10,13-14,16-17,22,26,30-32H,11-12,15H2,1-2H3. The van der Waals surface area contributed by atoms with Crippen molar-refractivity contribution >= 4 is 79.3 Å². The molecular formula is C37H29BrCl2N2O5. The van der Waals surface area contributed by atoms with Crippen LogP contribution in [-0.4, -0.2) is 40.5 Å². The summed E-state index contributed by atoms with van der Waals surface area (Å²) in [5.74, 6) is -1.55. The lowest BCUT2D eigenvalue weighted by Gasteiger charge is -2.19. The molecule has 2 heterocycles. The third-order valence-electron chi connectivity index (χ3n) is 9.63. The molecule has 10 heteroatoms. The Morgan fingerprint density at radius 1 is 1.00 bits per heavy atom. The van der Waals surface area contributed by atoms with Crippen LogP contribution >= 0.6 is 39.1 Å². The molecule has 3 aromatic carbocycles. The first-order valence-corrected chi connectivity index (χ1v) is 17.1. The van der Waals surface area contributed by atoms with Gasteiger partial charge in [0.05, 0.1) is 34.3 Å². The first-order chi connectivity index (χ1) is 22.5. The second kappa shape index (κ2) is 12.3. The average Bonchev–Trinajstić information content (AvgIpc) is 3.70. The van der Waals surface area contributed by atoms with Gasteiger partial charge in [-0.15, -0.1) is 11.6 Å². The Morgan fingerprint density at radius 2 is 1.70 bits per heavy atom. The number of anilines is 1. The van der Waals surface area contributed by atoms with Gasteiger partial charge in [0.2, 0.25) is 17.6 Å². The molecule has 7 nitrogen and oxygen atoms in total. The van der Waals surface area contributed by atoms with Crippen molar-refractivity contribution in [2.24, 2.45) is 23.7 Å². The number of esters is 1. The van der Waals surface area contributed by atoms with E-state index in [0.717, 1.165) is 16.5 Å². The molecule has 0 radical (unpaired) electrons. The van der Waals surface area contributed by atoms with Crippen LogP contribution in [0.15, 0.2) is 82.9 Å². The number of pyridine rings is 1. The smallest absolute Gasteiger partial charge is 0.339 e. The zero-order valence-corrected chi connectivity index (χ0v) is 28.6. The van der Waals surface area contributed by atoms with Gasteiger partial charge in [-0.3, -0.25) is 19.3 Å². The molecule has 1 aliphatic heterocycles. The number of nitrogens with zero attached hydrogens (tertiary/aromatic N) is 2. The van der Waals surface area contributed by atoms with E-state index < -0.39 is 12.1 Å². The lowest BCUT2D eigenvalue weighted by Crippen LogP contribution is -2.32. The maximum atomic E-state index is 13.8. The van der Waals surface area contributed by atoms with Gasteiger partial charge >= 0.3 is 5.97 Å². The minimum Gasteiger partial charge on any atom is -0.450 e. The number of carbonyl (C=O) groups excluding carboxylic acids is 4. The molecular weight excluding hydrogens is 703 g/mol. The quantitative estimate of drug-likeness (QED) is 0.0595. The molecule has 1 saturated heterocycles. The summed E-state index contributed by atoms with van der Waals surface area (Å²) >= 11 is 15.5.